The van der Waals surface area contributed by atoms with E-state index < -0.39 is 29.7 Å². The van der Waals surface area contributed by atoms with Crippen molar-refractivity contribution in [1.82, 2.24) is 10.2 Å². The lowest BCUT2D eigenvalue weighted by Gasteiger charge is -2.27. The number of benzene rings is 2. The second-order valence-electron chi connectivity index (χ2n) is 10.1. The third-order valence-corrected chi connectivity index (χ3v) is 6.82. The van der Waals surface area contributed by atoms with Crippen LogP contribution in [0.25, 0.3) is 0 Å². The van der Waals surface area contributed by atoms with Crippen LogP contribution in [0.3, 0.4) is 0 Å². The molecule has 1 unspecified atom stereocenters. The molecule has 2 heterocycles. The fourth-order valence-electron chi connectivity index (χ4n) is 4.74. The van der Waals surface area contributed by atoms with Gasteiger partial charge in [0.25, 0.3) is 11.8 Å². The highest BCUT2D eigenvalue weighted by Crippen LogP contribution is 2.32. The molecular weight excluding hydrogens is 588 g/mol. The fraction of sp³-hybridized carbons (Fsp3) is 0.452. The summed E-state index contributed by atoms with van der Waals surface area (Å²) >= 11 is 0. The van der Waals surface area contributed by atoms with E-state index in [4.69, 9.17) is 23.7 Å². The topological polar surface area (TPSA) is 171 Å². The molecule has 1 saturated heterocycles. The maximum Gasteiger partial charge on any atom is 0.264 e. The Labute approximate surface area is 260 Å². The summed E-state index contributed by atoms with van der Waals surface area (Å²) in [5.41, 5.74) is 1.61. The van der Waals surface area contributed by atoms with Gasteiger partial charge in [-0.1, -0.05) is 6.07 Å². The molecule has 2 aliphatic rings. The van der Waals surface area contributed by atoms with E-state index in [0.29, 0.717) is 83.1 Å². The van der Waals surface area contributed by atoms with Crippen LogP contribution in [0.15, 0.2) is 42.5 Å². The van der Waals surface area contributed by atoms with Gasteiger partial charge in [-0.05, 0) is 42.8 Å². The molecule has 0 aliphatic carbocycles. The van der Waals surface area contributed by atoms with Crippen LogP contribution in [0.1, 0.15) is 40.5 Å². The number of ether oxygens (including phenoxy) is 5. The Morgan fingerprint density at radius 3 is 2.07 bits per heavy atom. The van der Waals surface area contributed by atoms with Crippen LogP contribution in [-0.2, 0) is 33.3 Å². The maximum atomic E-state index is 13.1. The summed E-state index contributed by atoms with van der Waals surface area (Å²) in [6, 6.07) is 11.0. The first-order chi connectivity index (χ1) is 21.8. The number of imide groups is 2. The molecule has 0 saturated carbocycles. The Kier molecular flexibility index (Phi) is 12.8. The number of anilines is 2. The molecule has 1 fully saturated rings. The van der Waals surface area contributed by atoms with Crippen LogP contribution in [-0.4, -0.2) is 106 Å². The fourth-order valence-corrected chi connectivity index (χ4v) is 4.74. The van der Waals surface area contributed by atoms with Crippen LogP contribution in [0.4, 0.5) is 11.4 Å². The van der Waals surface area contributed by atoms with Gasteiger partial charge in [0.05, 0.1) is 64.0 Å². The summed E-state index contributed by atoms with van der Waals surface area (Å²) in [6.07, 6.45) is 0.169. The van der Waals surface area contributed by atoms with Crippen LogP contribution in [0, 0.1) is 0 Å². The number of hydrogen-bond acceptors (Lipinski definition) is 11. The first kappa shape index (κ1) is 33.5. The highest BCUT2D eigenvalue weighted by atomic mass is 16.6. The lowest BCUT2D eigenvalue weighted by atomic mass is 10.0. The van der Waals surface area contributed by atoms with Gasteiger partial charge in [0, 0.05) is 31.3 Å². The minimum Gasteiger partial charge on any atom is -0.491 e. The van der Waals surface area contributed by atoms with Crippen molar-refractivity contribution < 1.29 is 47.7 Å². The van der Waals surface area contributed by atoms with E-state index in [9.17, 15) is 24.0 Å². The molecule has 0 bridgehead atoms. The molecule has 3 N–H and O–H groups in total. The first-order valence-electron chi connectivity index (χ1n) is 14.7. The van der Waals surface area contributed by atoms with Crippen molar-refractivity contribution in [2.45, 2.75) is 25.8 Å². The van der Waals surface area contributed by atoms with Crippen LogP contribution in [0.2, 0.25) is 0 Å². The first-order valence-corrected chi connectivity index (χ1v) is 14.7. The predicted molar refractivity (Wildman–Crippen MR) is 161 cm³/mol. The Morgan fingerprint density at radius 1 is 0.822 bits per heavy atom. The molecule has 2 aliphatic heterocycles. The Bertz CT molecular complexity index is 1350. The number of fused-ring (bicyclic) bond motifs is 1. The van der Waals surface area contributed by atoms with Crippen molar-refractivity contribution >= 4 is 40.9 Å². The molecule has 2 aromatic carbocycles. The van der Waals surface area contributed by atoms with E-state index >= 15 is 0 Å². The molecule has 2 aromatic rings. The second kappa shape index (κ2) is 17.2. The van der Waals surface area contributed by atoms with Gasteiger partial charge in [-0.2, -0.15) is 0 Å². The summed E-state index contributed by atoms with van der Waals surface area (Å²) in [5, 5.41) is 8.01. The van der Waals surface area contributed by atoms with Gasteiger partial charge >= 0.3 is 0 Å². The number of piperidine rings is 1. The van der Waals surface area contributed by atoms with Gasteiger partial charge in [-0.15, -0.1) is 0 Å². The van der Waals surface area contributed by atoms with Gasteiger partial charge in [-0.3, -0.25) is 34.2 Å². The van der Waals surface area contributed by atoms with Crippen molar-refractivity contribution in [2.75, 3.05) is 76.6 Å². The van der Waals surface area contributed by atoms with E-state index in [1.165, 1.54) is 6.92 Å². The minimum atomic E-state index is -1.01. The second-order valence-corrected chi connectivity index (χ2v) is 10.1. The number of carbonyl (C=O) groups is 5. The van der Waals surface area contributed by atoms with E-state index in [0.717, 1.165) is 4.90 Å². The van der Waals surface area contributed by atoms with E-state index in [1.54, 1.807) is 42.5 Å². The van der Waals surface area contributed by atoms with Gasteiger partial charge in [-0.25, -0.2) is 0 Å². The summed E-state index contributed by atoms with van der Waals surface area (Å²) < 4.78 is 27.6. The Balaban J connectivity index is 0.992. The predicted octanol–water partition coefficient (Wildman–Crippen LogP) is 1.60. The van der Waals surface area contributed by atoms with Crippen LogP contribution < -0.4 is 20.7 Å². The van der Waals surface area contributed by atoms with Gasteiger partial charge in [0.2, 0.25) is 17.7 Å². The normalized spacial score (nSPS) is 16.0. The van der Waals surface area contributed by atoms with Gasteiger partial charge in [0.15, 0.2) is 0 Å². The lowest BCUT2D eigenvalue weighted by molar-refractivity contribution is -0.136. The highest BCUT2D eigenvalue weighted by molar-refractivity contribution is 6.25. The van der Waals surface area contributed by atoms with Crippen molar-refractivity contribution in [3.8, 4) is 5.75 Å². The molecule has 14 nitrogen and oxygen atoms in total. The molecule has 1 atom stereocenters. The monoisotopic (exact) mass is 626 g/mol. The smallest absolute Gasteiger partial charge is 0.264 e. The number of carbonyl (C=O) groups excluding carboxylic acids is 5. The number of rotatable bonds is 19. The average molecular weight is 627 g/mol. The Hall–Kier alpha value is -4.37. The van der Waals surface area contributed by atoms with Gasteiger partial charge in [0.1, 0.15) is 18.4 Å². The summed E-state index contributed by atoms with van der Waals surface area (Å²) in [5.74, 6) is -1.61. The Morgan fingerprint density at radius 2 is 1.44 bits per heavy atom. The third kappa shape index (κ3) is 9.81. The quantitative estimate of drug-likeness (QED) is 0.153. The molecule has 14 heteroatoms. The van der Waals surface area contributed by atoms with Crippen molar-refractivity contribution in [2.24, 2.45) is 0 Å². The molecule has 45 heavy (non-hydrogen) atoms. The third-order valence-electron chi connectivity index (χ3n) is 6.82. The molecular formula is C31H38N4O10. The zero-order valence-electron chi connectivity index (χ0n) is 25.1. The maximum absolute atomic E-state index is 13.1. The zero-order chi connectivity index (χ0) is 32.0. The standard InChI is InChI=1S/C31H38N4O10/c1-21(36)33-22-5-7-23(8-6-22)45-20-19-44-18-17-43-16-15-42-14-13-41-12-11-32-25-4-2-3-24-28(25)31(40)35(30(24)39)26-9-10-27(37)34-29(26)38/h2-8,26,32H,9-20H2,1H3,(H,33,36)(H,34,37,38). The number of amides is 5. The molecule has 0 spiro atoms. The van der Waals surface area contributed by atoms with E-state index in [1.807, 2.05) is 0 Å². The SMILES string of the molecule is CC(=O)Nc1ccc(OCCOCCOCCOCCOCCNc2cccc3c2C(=O)N(C2CCC(=O)NC2=O)C3=O)cc1. The highest BCUT2D eigenvalue weighted by Gasteiger charge is 2.45. The molecule has 5 amide bonds. The van der Waals surface area contributed by atoms with E-state index in [-0.39, 0.29) is 29.9 Å². The number of nitrogens with zero attached hydrogens (tertiary/aromatic N) is 1. The molecule has 0 aromatic heterocycles. The number of nitrogens with one attached hydrogen (secondary N) is 3. The van der Waals surface area contributed by atoms with Crippen molar-refractivity contribution in [1.29, 1.82) is 0 Å². The van der Waals surface area contributed by atoms with Crippen molar-refractivity contribution in [3.63, 3.8) is 0 Å². The molecule has 0 radical (unpaired) electrons. The molecule has 242 valence electrons. The van der Waals surface area contributed by atoms with Crippen LogP contribution >= 0.6 is 0 Å². The van der Waals surface area contributed by atoms with E-state index in [2.05, 4.69) is 16.0 Å². The summed E-state index contributed by atoms with van der Waals surface area (Å²) in [7, 11) is 0. The van der Waals surface area contributed by atoms with Gasteiger partial charge < -0.3 is 34.3 Å². The summed E-state index contributed by atoms with van der Waals surface area (Å²) in [4.78, 5) is 61.8. The minimum absolute atomic E-state index is 0.0658. The average Bonchev–Trinajstić information content (AvgIpc) is 3.27. The van der Waals surface area contributed by atoms with Crippen LogP contribution in [0.5, 0.6) is 5.75 Å². The van der Waals surface area contributed by atoms with Crippen molar-refractivity contribution in [3.05, 3.63) is 53.6 Å². The lowest BCUT2D eigenvalue weighted by Crippen LogP contribution is -2.54. The largest absolute Gasteiger partial charge is 0.491 e. The zero-order valence-corrected chi connectivity index (χ0v) is 25.1. The number of hydrogen-bond donors (Lipinski definition) is 3. The molecule has 4 rings (SSSR count). The summed E-state index contributed by atoms with van der Waals surface area (Å²) in [6.45, 7) is 5.44.